The van der Waals surface area contributed by atoms with Gasteiger partial charge in [0.2, 0.25) is 5.95 Å². The van der Waals surface area contributed by atoms with Crippen LogP contribution < -0.4 is 15.3 Å². The van der Waals surface area contributed by atoms with Crippen molar-refractivity contribution in [3.05, 3.63) is 46.1 Å². The van der Waals surface area contributed by atoms with Crippen molar-refractivity contribution in [3.8, 4) is 0 Å². The monoisotopic (exact) mass is 435 g/mol. The Morgan fingerprint density at radius 2 is 1.77 bits per heavy atom. The van der Waals surface area contributed by atoms with E-state index in [1.165, 1.54) is 7.05 Å². The first kappa shape index (κ1) is 24.0. The molecule has 10 heteroatoms. The average Bonchev–Trinajstić information content (AvgIpc) is 2.71. The molecule has 1 heterocycles. The third kappa shape index (κ3) is 7.85. The van der Waals surface area contributed by atoms with Gasteiger partial charge in [-0.25, -0.2) is 4.79 Å². The third-order valence-corrected chi connectivity index (χ3v) is 5.27. The van der Waals surface area contributed by atoms with Crippen molar-refractivity contribution in [2.75, 3.05) is 42.8 Å². The maximum Gasteiger partial charge on any atom is 0.349 e. The maximum absolute atomic E-state index is 11.9. The van der Waals surface area contributed by atoms with E-state index in [1.54, 1.807) is 12.1 Å². The summed E-state index contributed by atoms with van der Waals surface area (Å²) in [6.45, 7) is 8.25. The van der Waals surface area contributed by atoms with Crippen LogP contribution in [0.5, 0.6) is 0 Å². The molecular weight excluding hydrogens is 404 g/mol. The SMILES string of the molecule is CCCN(CCC)CCCNc1nc(Cc2ccc(N(C)S(=O)[O-])cc2)[nH]c(=O)n1. The molecule has 2 rings (SSSR count). The molecule has 1 aromatic heterocycles. The van der Waals surface area contributed by atoms with Gasteiger partial charge in [0.05, 0.1) is 0 Å². The van der Waals surface area contributed by atoms with Gasteiger partial charge in [-0.1, -0.05) is 26.0 Å². The largest absolute Gasteiger partial charge is 0.755 e. The van der Waals surface area contributed by atoms with Crippen molar-refractivity contribution in [3.63, 3.8) is 0 Å². The average molecular weight is 436 g/mol. The molecule has 0 amide bonds. The number of nitrogens with one attached hydrogen (secondary N) is 2. The molecule has 0 aliphatic carbocycles. The summed E-state index contributed by atoms with van der Waals surface area (Å²) in [7, 11) is 1.47. The van der Waals surface area contributed by atoms with Crippen molar-refractivity contribution >= 4 is 22.9 Å². The Labute approximate surface area is 180 Å². The topological polar surface area (TPSA) is 117 Å². The summed E-state index contributed by atoms with van der Waals surface area (Å²) in [6.07, 6.45) is 3.64. The number of H-pyrrole nitrogens is 1. The van der Waals surface area contributed by atoms with E-state index in [0.717, 1.165) is 48.8 Å². The Hall–Kier alpha value is -2.30. The molecule has 0 bridgehead atoms. The minimum Gasteiger partial charge on any atom is -0.755 e. The molecule has 30 heavy (non-hydrogen) atoms. The fraction of sp³-hybridized carbons (Fsp3) is 0.550. The Morgan fingerprint density at radius 3 is 2.37 bits per heavy atom. The molecule has 1 unspecified atom stereocenters. The van der Waals surface area contributed by atoms with E-state index in [-0.39, 0.29) is 0 Å². The summed E-state index contributed by atoms with van der Waals surface area (Å²) in [6, 6.07) is 7.04. The van der Waals surface area contributed by atoms with Crippen LogP contribution in [0.15, 0.2) is 29.1 Å². The highest BCUT2D eigenvalue weighted by Crippen LogP contribution is 2.16. The first-order valence-electron chi connectivity index (χ1n) is 10.3. The Morgan fingerprint density at radius 1 is 1.10 bits per heavy atom. The smallest absolute Gasteiger partial charge is 0.349 e. The van der Waals surface area contributed by atoms with Crippen LogP contribution in [0.4, 0.5) is 11.6 Å². The first-order valence-corrected chi connectivity index (χ1v) is 11.3. The zero-order valence-corrected chi connectivity index (χ0v) is 18.7. The lowest BCUT2D eigenvalue weighted by Gasteiger charge is -2.21. The Kier molecular flexibility index (Phi) is 9.92. The molecule has 2 aromatic rings. The second kappa shape index (κ2) is 12.4. The van der Waals surface area contributed by atoms with Gasteiger partial charge in [0, 0.05) is 37.0 Å². The molecule has 0 fully saturated rings. The third-order valence-electron chi connectivity index (χ3n) is 4.61. The van der Waals surface area contributed by atoms with Crippen molar-refractivity contribution in [2.45, 2.75) is 39.5 Å². The molecular formula is C20H31N6O3S-. The molecule has 2 N–H and O–H groups in total. The molecule has 166 valence electrons. The highest BCUT2D eigenvalue weighted by atomic mass is 32.2. The quantitative estimate of drug-likeness (QED) is 0.364. The fourth-order valence-corrected chi connectivity index (χ4v) is 3.46. The van der Waals surface area contributed by atoms with E-state index < -0.39 is 17.0 Å². The van der Waals surface area contributed by atoms with E-state index in [2.05, 4.69) is 39.0 Å². The summed E-state index contributed by atoms with van der Waals surface area (Å²) in [4.78, 5) is 25.3. The number of hydrogen-bond donors (Lipinski definition) is 2. The van der Waals surface area contributed by atoms with Crippen LogP contribution in [-0.2, 0) is 17.7 Å². The summed E-state index contributed by atoms with van der Waals surface area (Å²) in [5.41, 5.74) is 1.02. The van der Waals surface area contributed by atoms with Gasteiger partial charge in [-0.05, 0) is 56.6 Å². The number of benzene rings is 1. The fourth-order valence-electron chi connectivity index (χ4n) is 3.17. The number of rotatable bonds is 13. The molecule has 9 nitrogen and oxygen atoms in total. The molecule has 0 saturated heterocycles. The van der Waals surface area contributed by atoms with Gasteiger partial charge in [-0.2, -0.15) is 9.97 Å². The minimum atomic E-state index is -2.32. The van der Waals surface area contributed by atoms with Crippen LogP contribution in [0.25, 0.3) is 0 Å². The predicted octanol–water partition coefficient (Wildman–Crippen LogP) is 1.91. The van der Waals surface area contributed by atoms with Crippen LogP contribution >= 0.6 is 0 Å². The number of hydrogen-bond acceptors (Lipinski definition) is 7. The van der Waals surface area contributed by atoms with Gasteiger partial charge < -0.3 is 19.1 Å². The van der Waals surface area contributed by atoms with E-state index in [1.807, 2.05) is 12.1 Å². The van der Waals surface area contributed by atoms with Crippen molar-refractivity contribution in [1.29, 1.82) is 0 Å². The number of aromatic amines is 1. The normalized spacial score (nSPS) is 12.2. The first-order chi connectivity index (χ1) is 14.4. The van der Waals surface area contributed by atoms with Gasteiger partial charge in [-0.3, -0.25) is 9.19 Å². The van der Waals surface area contributed by atoms with Crippen molar-refractivity contribution in [2.24, 2.45) is 0 Å². The van der Waals surface area contributed by atoms with Crippen LogP contribution in [-0.4, -0.2) is 61.8 Å². The summed E-state index contributed by atoms with van der Waals surface area (Å²) in [5.74, 6) is 0.828. The summed E-state index contributed by atoms with van der Waals surface area (Å²) >= 11 is -2.32. The Bertz CT molecular complexity index is 852. The maximum atomic E-state index is 11.9. The van der Waals surface area contributed by atoms with Gasteiger partial charge >= 0.3 is 5.69 Å². The molecule has 0 radical (unpaired) electrons. The van der Waals surface area contributed by atoms with Crippen LogP contribution in [0.3, 0.4) is 0 Å². The lowest BCUT2D eigenvalue weighted by atomic mass is 10.1. The van der Waals surface area contributed by atoms with Crippen molar-refractivity contribution < 1.29 is 8.76 Å². The zero-order valence-electron chi connectivity index (χ0n) is 17.9. The predicted molar refractivity (Wildman–Crippen MR) is 119 cm³/mol. The molecule has 0 aliphatic heterocycles. The molecule has 0 saturated carbocycles. The molecule has 1 atom stereocenters. The van der Waals surface area contributed by atoms with Crippen molar-refractivity contribution in [1.82, 2.24) is 19.9 Å². The van der Waals surface area contributed by atoms with Crippen LogP contribution in [0.2, 0.25) is 0 Å². The van der Waals surface area contributed by atoms with E-state index >= 15 is 0 Å². The summed E-state index contributed by atoms with van der Waals surface area (Å²) in [5, 5.41) is 3.14. The van der Waals surface area contributed by atoms with Gasteiger partial charge in [0.15, 0.2) is 0 Å². The van der Waals surface area contributed by atoms with E-state index in [0.29, 0.717) is 30.4 Å². The zero-order chi connectivity index (χ0) is 21.9. The van der Waals surface area contributed by atoms with Gasteiger partial charge in [0.1, 0.15) is 5.82 Å². The lowest BCUT2D eigenvalue weighted by Crippen LogP contribution is -2.28. The van der Waals surface area contributed by atoms with Crippen LogP contribution in [0, 0.1) is 0 Å². The molecule has 0 aliphatic rings. The van der Waals surface area contributed by atoms with Gasteiger partial charge in [-0.15, -0.1) is 0 Å². The number of anilines is 2. The van der Waals surface area contributed by atoms with Gasteiger partial charge in [0.25, 0.3) is 0 Å². The minimum absolute atomic E-state index is 0.324. The second-order valence-electron chi connectivity index (χ2n) is 7.10. The molecule has 1 aromatic carbocycles. The van der Waals surface area contributed by atoms with Crippen LogP contribution in [0.1, 0.15) is 44.5 Å². The standard InChI is InChI=1S/C20H32N6O3S/c1-4-12-26(13-5-2)14-6-11-21-19-22-18(23-20(27)24-19)15-16-7-9-17(10-8-16)25(3)30(28)29/h7-10H,4-6,11-15H2,1-3H3,(H,28,29)(H2,21,22,23,24,27)/p-1. The number of nitrogens with zero attached hydrogens (tertiary/aromatic N) is 4. The Balaban J connectivity index is 1.93. The lowest BCUT2D eigenvalue weighted by molar-refractivity contribution is 0.274. The highest BCUT2D eigenvalue weighted by Gasteiger charge is 2.07. The highest BCUT2D eigenvalue weighted by molar-refractivity contribution is 7.80. The summed E-state index contributed by atoms with van der Waals surface area (Å²) < 4.78 is 23.2. The van der Waals surface area contributed by atoms with E-state index in [4.69, 9.17) is 0 Å². The second-order valence-corrected chi connectivity index (χ2v) is 8.09. The number of aromatic nitrogens is 3. The molecule has 0 spiro atoms. The van der Waals surface area contributed by atoms with E-state index in [9.17, 15) is 13.6 Å².